The lowest BCUT2D eigenvalue weighted by Crippen LogP contribution is -2.49. The first kappa shape index (κ1) is 17.7. The van der Waals surface area contributed by atoms with Crippen molar-refractivity contribution in [3.63, 3.8) is 0 Å². The minimum atomic E-state index is -0.174. The highest BCUT2D eigenvalue weighted by Crippen LogP contribution is 2.16. The number of hydrazine groups is 1. The summed E-state index contributed by atoms with van der Waals surface area (Å²) in [4.78, 5) is 24.3. The first-order chi connectivity index (χ1) is 12.6. The lowest BCUT2D eigenvalue weighted by atomic mass is 10.1. The fraction of sp³-hybridized carbons (Fsp3) is 0.238. The molecule has 0 aromatic heterocycles. The van der Waals surface area contributed by atoms with Crippen molar-refractivity contribution in [2.75, 3.05) is 13.1 Å². The molecule has 5 nitrogen and oxygen atoms in total. The summed E-state index contributed by atoms with van der Waals surface area (Å²) < 4.78 is 0. The zero-order chi connectivity index (χ0) is 18.4. The monoisotopic (exact) mass is 349 g/mol. The van der Waals surface area contributed by atoms with E-state index in [2.05, 4.69) is 35.0 Å². The molecule has 0 fully saturated rings. The highest BCUT2D eigenvalue weighted by molar-refractivity contribution is 5.88. The summed E-state index contributed by atoms with van der Waals surface area (Å²) in [7, 11) is 0. The summed E-state index contributed by atoms with van der Waals surface area (Å²) in [5.41, 5.74) is 7.28. The predicted molar refractivity (Wildman–Crippen MR) is 102 cm³/mol. The van der Waals surface area contributed by atoms with E-state index in [-0.39, 0.29) is 24.8 Å². The summed E-state index contributed by atoms with van der Waals surface area (Å²) in [6, 6.07) is 18.0. The molecule has 0 unspecified atom stereocenters. The van der Waals surface area contributed by atoms with Crippen molar-refractivity contribution in [2.45, 2.75) is 19.8 Å². The van der Waals surface area contributed by atoms with Crippen molar-refractivity contribution >= 4 is 17.5 Å². The Labute approximate surface area is 153 Å². The molecule has 1 heterocycles. The number of hydrogen-bond donors (Lipinski definition) is 2. The Morgan fingerprint density at radius 2 is 1.85 bits per heavy atom. The minimum Gasteiger partial charge on any atom is -0.354 e. The van der Waals surface area contributed by atoms with Crippen LogP contribution in [0.4, 0.5) is 0 Å². The molecule has 0 aliphatic carbocycles. The van der Waals surface area contributed by atoms with Crippen molar-refractivity contribution in [3.8, 4) is 0 Å². The van der Waals surface area contributed by atoms with E-state index in [9.17, 15) is 9.59 Å². The van der Waals surface area contributed by atoms with Crippen molar-refractivity contribution in [2.24, 2.45) is 0 Å². The number of hydrogen-bond acceptors (Lipinski definition) is 3. The minimum absolute atomic E-state index is 0.00307. The number of rotatable bonds is 6. The summed E-state index contributed by atoms with van der Waals surface area (Å²) >= 11 is 0. The largest absolute Gasteiger partial charge is 0.354 e. The van der Waals surface area contributed by atoms with Crippen LogP contribution in [0.2, 0.25) is 0 Å². The molecule has 2 amide bonds. The number of carbonyl (C=O) groups excluding carboxylic acids is 2. The van der Waals surface area contributed by atoms with Crippen LogP contribution in [-0.4, -0.2) is 29.9 Å². The van der Waals surface area contributed by atoms with Crippen LogP contribution in [0.15, 0.2) is 60.7 Å². The van der Waals surface area contributed by atoms with Gasteiger partial charge in [0.2, 0.25) is 11.8 Å². The van der Waals surface area contributed by atoms with Crippen LogP contribution >= 0.6 is 0 Å². The van der Waals surface area contributed by atoms with Gasteiger partial charge in [0.25, 0.3) is 0 Å². The number of amides is 2. The van der Waals surface area contributed by atoms with Crippen molar-refractivity contribution in [1.82, 2.24) is 15.8 Å². The van der Waals surface area contributed by atoms with Crippen LogP contribution in [-0.2, 0) is 16.0 Å². The smallest absolute Gasteiger partial charge is 0.245 e. The molecule has 2 N–H and O–H groups in total. The van der Waals surface area contributed by atoms with Gasteiger partial charge in [-0.15, -0.1) is 0 Å². The molecule has 2 aromatic rings. The molecule has 0 spiro atoms. The number of nitrogens with zero attached hydrogens (tertiary/aromatic N) is 1. The van der Waals surface area contributed by atoms with E-state index in [0.717, 1.165) is 17.7 Å². The molecule has 1 aliphatic heterocycles. The molecule has 134 valence electrons. The molecule has 0 bridgehead atoms. The quantitative estimate of drug-likeness (QED) is 0.842. The second-order valence-electron chi connectivity index (χ2n) is 6.37. The highest BCUT2D eigenvalue weighted by atomic mass is 16.2. The first-order valence-corrected chi connectivity index (χ1v) is 8.76. The standard InChI is InChI=1S/C21H23N3O2/c1-16-7-9-17(10-8-16)13-14-22-20(25)15-24-21(26)12-11-19(23-24)18-5-3-2-4-6-18/h2-11,23H,12-15H2,1H3,(H,22,25). The SMILES string of the molecule is Cc1ccc(CCNC(=O)CN2NC(c3ccccc3)=CCC2=O)cc1. The average molecular weight is 349 g/mol. The van der Waals surface area contributed by atoms with E-state index < -0.39 is 0 Å². The molecule has 0 radical (unpaired) electrons. The van der Waals surface area contributed by atoms with Crippen LogP contribution in [0.1, 0.15) is 23.1 Å². The number of nitrogens with one attached hydrogen (secondary N) is 2. The molecule has 0 atom stereocenters. The van der Waals surface area contributed by atoms with Gasteiger partial charge in [0.1, 0.15) is 6.54 Å². The molecule has 0 saturated heterocycles. The molecule has 0 saturated carbocycles. The Morgan fingerprint density at radius 1 is 1.12 bits per heavy atom. The third kappa shape index (κ3) is 4.72. The van der Waals surface area contributed by atoms with Gasteiger partial charge in [0.15, 0.2) is 0 Å². The van der Waals surface area contributed by atoms with Gasteiger partial charge >= 0.3 is 0 Å². The van der Waals surface area contributed by atoms with Gasteiger partial charge in [-0.05, 0) is 30.5 Å². The summed E-state index contributed by atoms with van der Waals surface area (Å²) in [6.07, 6.45) is 2.90. The van der Waals surface area contributed by atoms with E-state index in [1.54, 1.807) is 0 Å². The third-order valence-electron chi connectivity index (χ3n) is 4.28. The van der Waals surface area contributed by atoms with Gasteiger partial charge < -0.3 is 5.32 Å². The molecule has 2 aromatic carbocycles. The topological polar surface area (TPSA) is 61.4 Å². The van der Waals surface area contributed by atoms with E-state index >= 15 is 0 Å². The van der Waals surface area contributed by atoms with E-state index in [1.165, 1.54) is 16.1 Å². The third-order valence-corrected chi connectivity index (χ3v) is 4.28. The molecule has 3 rings (SSSR count). The molecule has 5 heteroatoms. The number of carbonyl (C=O) groups is 2. The molecular formula is C21H23N3O2. The van der Waals surface area contributed by atoms with Crippen LogP contribution in [0.3, 0.4) is 0 Å². The fourth-order valence-corrected chi connectivity index (χ4v) is 2.78. The first-order valence-electron chi connectivity index (χ1n) is 8.76. The van der Waals surface area contributed by atoms with E-state index in [0.29, 0.717) is 6.54 Å². The van der Waals surface area contributed by atoms with Gasteiger partial charge in [-0.2, -0.15) is 0 Å². The number of aryl methyl sites for hydroxylation is 1. The Kier molecular flexibility index (Phi) is 5.69. The van der Waals surface area contributed by atoms with Crippen LogP contribution in [0, 0.1) is 6.92 Å². The van der Waals surface area contributed by atoms with Gasteiger partial charge in [0, 0.05) is 13.0 Å². The van der Waals surface area contributed by atoms with E-state index in [1.807, 2.05) is 43.3 Å². The highest BCUT2D eigenvalue weighted by Gasteiger charge is 2.21. The Balaban J connectivity index is 1.49. The molecule has 26 heavy (non-hydrogen) atoms. The van der Waals surface area contributed by atoms with Crippen molar-refractivity contribution < 1.29 is 9.59 Å². The van der Waals surface area contributed by atoms with Crippen molar-refractivity contribution in [3.05, 3.63) is 77.4 Å². The zero-order valence-electron chi connectivity index (χ0n) is 14.9. The van der Waals surface area contributed by atoms with Crippen LogP contribution in [0.5, 0.6) is 0 Å². The maximum atomic E-state index is 12.2. The Morgan fingerprint density at radius 3 is 2.58 bits per heavy atom. The van der Waals surface area contributed by atoms with Gasteiger partial charge in [-0.3, -0.25) is 15.0 Å². The maximum absolute atomic E-state index is 12.2. The summed E-state index contributed by atoms with van der Waals surface area (Å²) in [5.74, 6) is -0.286. The average Bonchev–Trinajstić information content (AvgIpc) is 2.66. The summed E-state index contributed by atoms with van der Waals surface area (Å²) in [6.45, 7) is 2.59. The maximum Gasteiger partial charge on any atom is 0.245 e. The van der Waals surface area contributed by atoms with Crippen molar-refractivity contribution in [1.29, 1.82) is 0 Å². The normalized spacial score (nSPS) is 13.8. The Bertz CT molecular complexity index is 798. The predicted octanol–water partition coefficient (Wildman–Crippen LogP) is 2.43. The van der Waals surface area contributed by atoms with Crippen LogP contribution in [0.25, 0.3) is 5.70 Å². The zero-order valence-corrected chi connectivity index (χ0v) is 14.9. The molecule has 1 aliphatic rings. The van der Waals surface area contributed by atoms with E-state index in [4.69, 9.17) is 0 Å². The lowest BCUT2D eigenvalue weighted by molar-refractivity contribution is -0.137. The second kappa shape index (κ2) is 8.34. The Hall–Kier alpha value is -3.08. The summed E-state index contributed by atoms with van der Waals surface area (Å²) in [5, 5.41) is 4.25. The van der Waals surface area contributed by atoms with Crippen LogP contribution < -0.4 is 10.7 Å². The van der Waals surface area contributed by atoms with Gasteiger partial charge in [-0.1, -0.05) is 60.2 Å². The fourth-order valence-electron chi connectivity index (χ4n) is 2.78. The van der Waals surface area contributed by atoms with Gasteiger partial charge in [-0.25, -0.2) is 5.01 Å². The lowest BCUT2D eigenvalue weighted by Gasteiger charge is -2.28. The molecular weight excluding hydrogens is 326 g/mol. The van der Waals surface area contributed by atoms with Gasteiger partial charge in [0.05, 0.1) is 5.70 Å². The number of benzene rings is 2. The second-order valence-corrected chi connectivity index (χ2v) is 6.37.